The maximum Gasteiger partial charge on any atom is 0.216 e. The Morgan fingerprint density at radius 1 is 1.46 bits per heavy atom. The van der Waals surface area contributed by atoms with E-state index >= 15 is 0 Å². The van der Waals surface area contributed by atoms with Crippen LogP contribution < -0.4 is 4.74 Å². The molecule has 0 radical (unpaired) electrons. The van der Waals surface area contributed by atoms with Gasteiger partial charge in [-0.15, -0.1) is 0 Å². The van der Waals surface area contributed by atoms with Gasteiger partial charge in [-0.1, -0.05) is 6.92 Å². The van der Waals surface area contributed by atoms with Crippen LogP contribution in [-0.4, -0.2) is 35.6 Å². The van der Waals surface area contributed by atoms with Gasteiger partial charge in [0.2, 0.25) is 5.88 Å². The van der Waals surface area contributed by atoms with E-state index in [0.29, 0.717) is 5.88 Å². The van der Waals surface area contributed by atoms with E-state index in [1.807, 2.05) is 6.07 Å². The number of methoxy groups -OCH3 is 1. The van der Waals surface area contributed by atoms with Crippen LogP contribution in [0.4, 0.5) is 0 Å². The molecule has 0 aliphatic carbocycles. The number of hydrogen-bond acceptors (Lipinski definition) is 4. The largest absolute Gasteiger partial charge is 0.481 e. The summed E-state index contributed by atoms with van der Waals surface area (Å²) >= 11 is 0. The number of rotatable bonds is 4. The smallest absolute Gasteiger partial charge is 0.216 e. The molecule has 4 heteroatoms. The highest BCUT2D eigenvalue weighted by Crippen LogP contribution is 2.06. The molecule has 0 amide bonds. The molecule has 0 N–H and O–H groups in total. The minimum absolute atomic E-state index is 0.620. The van der Waals surface area contributed by atoms with Gasteiger partial charge in [-0.05, 0) is 13.6 Å². The van der Waals surface area contributed by atoms with Gasteiger partial charge in [0.15, 0.2) is 0 Å². The van der Waals surface area contributed by atoms with Crippen molar-refractivity contribution >= 4 is 0 Å². The van der Waals surface area contributed by atoms with Gasteiger partial charge < -0.3 is 9.64 Å². The second-order valence-corrected chi connectivity index (χ2v) is 2.88. The van der Waals surface area contributed by atoms with Crippen molar-refractivity contribution in [2.75, 3.05) is 20.7 Å². The van der Waals surface area contributed by atoms with Crippen molar-refractivity contribution in [1.29, 1.82) is 0 Å². The van der Waals surface area contributed by atoms with Crippen LogP contribution in [-0.2, 0) is 6.54 Å². The molecule has 13 heavy (non-hydrogen) atoms. The summed E-state index contributed by atoms with van der Waals surface area (Å²) in [6.07, 6.45) is 1.53. The fourth-order valence-corrected chi connectivity index (χ4v) is 0.963. The highest BCUT2D eigenvalue weighted by molar-refractivity contribution is 5.12. The summed E-state index contributed by atoms with van der Waals surface area (Å²) in [4.78, 5) is 10.3. The third-order valence-corrected chi connectivity index (χ3v) is 1.88. The molecule has 0 atom stereocenters. The molecule has 0 bridgehead atoms. The molecule has 0 aliphatic heterocycles. The van der Waals surface area contributed by atoms with Crippen molar-refractivity contribution < 1.29 is 4.74 Å². The Morgan fingerprint density at radius 3 is 2.85 bits per heavy atom. The molecule has 72 valence electrons. The van der Waals surface area contributed by atoms with Crippen LogP contribution in [0.1, 0.15) is 12.6 Å². The fourth-order valence-electron chi connectivity index (χ4n) is 0.963. The Morgan fingerprint density at radius 2 is 2.23 bits per heavy atom. The van der Waals surface area contributed by atoms with Gasteiger partial charge in [0.25, 0.3) is 0 Å². The zero-order valence-electron chi connectivity index (χ0n) is 8.32. The molecule has 0 spiro atoms. The summed E-state index contributed by atoms with van der Waals surface area (Å²) in [5, 5.41) is 0. The Kier molecular flexibility index (Phi) is 3.64. The van der Waals surface area contributed by atoms with Crippen molar-refractivity contribution in [3.63, 3.8) is 0 Å². The first kappa shape index (κ1) is 9.92. The second-order valence-electron chi connectivity index (χ2n) is 2.88. The predicted molar refractivity (Wildman–Crippen MR) is 50.6 cm³/mol. The number of nitrogens with zero attached hydrogens (tertiary/aromatic N) is 3. The monoisotopic (exact) mass is 181 g/mol. The second kappa shape index (κ2) is 4.77. The molecule has 1 aromatic heterocycles. The van der Waals surface area contributed by atoms with Crippen molar-refractivity contribution in [3.05, 3.63) is 18.1 Å². The van der Waals surface area contributed by atoms with Crippen LogP contribution in [0.2, 0.25) is 0 Å². The molecule has 0 saturated carbocycles. The molecule has 1 rings (SSSR count). The molecular formula is C9H15N3O. The van der Waals surface area contributed by atoms with Crippen LogP contribution >= 0.6 is 0 Å². The lowest BCUT2D eigenvalue weighted by Gasteiger charge is -2.12. The molecule has 0 fully saturated rings. The normalized spacial score (nSPS) is 10.5. The molecule has 4 nitrogen and oxygen atoms in total. The molecule has 1 heterocycles. The van der Waals surface area contributed by atoms with E-state index in [1.54, 1.807) is 7.11 Å². The number of ether oxygens (including phenoxy) is 1. The maximum absolute atomic E-state index is 5.00. The lowest BCUT2D eigenvalue weighted by Crippen LogP contribution is -2.17. The van der Waals surface area contributed by atoms with Gasteiger partial charge in [-0.2, -0.15) is 0 Å². The van der Waals surface area contributed by atoms with Crippen LogP contribution in [0.5, 0.6) is 5.88 Å². The first-order chi connectivity index (χ1) is 6.26. The fraction of sp³-hybridized carbons (Fsp3) is 0.556. The van der Waals surface area contributed by atoms with Crippen LogP contribution in [0, 0.1) is 0 Å². The molecular weight excluding hydrogens is 166 g/mol. The maximum atomic E-state index is 5.00. The van der Waals surface area contributed by atoms with Gasteiger partial charge in [0.1, 0.15) is 6.33 Å². The summed E-state index contributed by atoms with van der Waals surface area (Å²) < 4.78 is 5.00. The molecule has 0 aromatic carbocycles. The predicted octanol–water partition coefficient (Wildman–Crippen LogP) is 0.937. The Hall–Kier alpha value is -1.16. The standard InChI is InChI=1S/C9H15N3O/c1-4-12(2)6-8-5-9(13-3)11-7-10-8/h5,7H,4,6H2,1-3H3. The highest BCUT2D eigenvalue weighted by Gasteiger charge is 2.00. The average molecular weight is 181 g/mol. The van der Waals surface area contributed by atoms with Crippen molar-refractivity contribution in [2.45, 2.75) is 13.5 Å². The third kappa shape index (κ3) is 2.99. The summed E-state index contributed by atoms with van der Waals surface area (Å²) in [6.45, 7) is 3.94. The first-order valence-electron chi connectivity index (χ1n) is 4.29. The first-order valence-corrected chi connectivity index (χ1v) is 4.29. The van der Waals surface area contributed by atoms with Gasteiger partial charge >= 0.3 is 0 Å². The SMILES string of the molecule is CCN(C)Cc1cc(OC)ncn1. The van der Waals surface area contributed by atoms with E-state index in [1.165, 1.54) is 6.33 Å². The van der Waals surface area contributed by atoms with E-state index in [-0.39, 0.29) is 0 Å². The lowest BCUT2D eigenvalue weighted by molar-refractivity contribution is 0.338. The number of hydrogen-bond donors (Lipinski definition) is 0. The van der Waals surface area contributed by atoms with Gasteiger partial charge in [0, 0.05) is 12.6 Å². The quantitative estimate of drug-likeness (QED) is 0.692. The Balaban J connectivity index is 2.66. The molecule has 0 saturated heterocycles. The minimum Gasteiger partial charge on any atom is -0.481 e. The number of aromatic nitrogens is 2. The van der Waals surface area contributed by atoms with E-state index < -0.39 is 0 Å². The van der Waals surface area contributed by atoms with Gasteiger partial charge in [-0.25, -0.2) is 9.97 Å². The average Bonchev–Trinajstić information content (AvgIpc) is 2.18. The van der Waals surface area contributed by atoms with E-state index in [9.17, 15) is 0 Å². The Labute approximate surface area is 78.6 Å². The van der Waals surface area contributed by atoms with Gasteiger partial charge in [0.05, 0.1) is 12.8 Å². The lowest BCUT2D eigenvalue weighted by atomic mass is 10.3. The third-order valence-electron chi connectivity index (χ3n) is 1.88. The summed E-state index contributed by atoms with van der Waals surface area (Å²) in [5.41, 5.74) is 0.983. The zero-order valence-corrected chi connectivity index (χ0v) is 8.32. The zero-order chi connectivity index (χ0) is 9.68. The molecule has 0 unspecified atom stereocenters. The summed E-state index contributed by atoms with van der Waals surface area (Å²) in [6, 6.07) is 1.85. The molecule has 1 aromatic rings. The van der Waals surface area contributed by atoms with Crippen molar-refractivity contribution in [1.82, 2.24) is 14.9 Å². The van der Waals surface area contributed by atoms with Crippen LogP contribution in [0.15, 0.2) is 12.4 Å². The van der Waals surface area contributed by atoms with Crippen molar-refractivity contribution in [3.8, 4) is 5.88 Å². The summed E-state index contributed by atoms with van der Waals surface area (Å²) in [7, 11) is 3.66. The topological polar surface area (TPSA) is 38.2 Å². The Bertz CT molecular complexity index is 265. The minimum atomic E-state index is 0.620. The van der Waals surface area contributed by atoms with Crippen LogP contribution in [0.25, 0.3) is 0 Å². The van der Waals surface area contributed by atoms with E-state index in [0.717, 1.165) is 18.8 Å². The highest BCUT2D eigenvalue weighted by atomic mass is 16.5. The van der Waals surface area contributed by atoms with Crippen LogP contribution in [0.3, 0.4) is 0 Å². The summed E-state index contributed by atoms with van der Waals surface area (Å²) in [5.74, 6) is 0.620. The van der Waals surface area contributed by atoms with E-state index in [2.05, 4.69) is 28.8 Å². The van der Waals surface area contributed by atoms with E-state index in [4.69, 9.17) is 4.74 Å². The molecule has 0 aliphatic rings. The van der Waals surface area contributed by atoms with Gasteiger partial charge in [-0.3, -0.25) is 0 Å². The van der Waals surface area contributed by atoms with Crippen molar-refractivity contribution in [2.24, 2.45) is 0 Å².